The molecule has 0 aliphatic carbocycles. The van der Waals surface area contributed by atoms with Gasteiger partial charge in [-0.05, 0) is 42.8 Å². The number of hydrogen-bond donors (Lipinski definition) is 2. The molecule has 6 heteroatoms. The predicted octanol–water partition coefficient (Wildman–Crippen LogP) is 4.40. The summed E-state index contributed by atoms with van der Waals surface area (Å²) in [4.78, 5) is 16.8. The van der Waals surface area contributed by atoms with Crippen molar-refractivity contribution in [3.8, 4) is 11.5 Å². The van der Waals surface area contributed by atoms with Crippen molar-refractivity contribution in [2.24, 2.45) is 0 Å². The van der Waals surface area contributed by atoms with Crippen molar-refractivity contribution in [1.82, 2.24) is 4.98 Å². The van der Waals surface area contributed by atoms with Crippen molar-refractivity contribution in [3.05, 3.63) is 72.1 Å². The maximum atomic E-state index is 12.7. The molecule has 0 radical (unpaired) electrons. The summed E-state index contributed by atoms with van der Waals surface area (Å²) in [5.41, 5.74) is 3.54. The maximum absolute atomic E-state index is 12.7. The van der Waals surface area contributed by atoms with E-state index in [4.69, 9.17) is 9.47 Å². The van der Waals surface area contributed by atoms with Crippen LogP contribution in [0.15, 0.2) is 60.9 Å². The number of amides is 1. The van der Waals surface area contributed by atoms with Gasteiger partial charge in [-0.25, -0.2) is 0 Å². The summed E-state index contributed by atoms with van der Waals surface area (Å²) in [6.07, 6.45) is 3.17. The van der Waals surface area contributed by atoms with E-state index in [0.717, 1.165) is 11.3 Å². The third-order valence-corrected chi connectivity index (χ3v) is 3.99. The van der Waals surface area contributed by atoms with Gasteiger partial charge in [-0.2, -0.15) is 0 Å². The molecule has 3 rings (SSSR count). The molecule has 0 atom stereocenters. The summed E-state index contributed by atoms with van der Waals surface area (Å²) >= 11 is 0. The van der Waals surface area contributed by atoms with Crippen molar-refractivity contribution in [2.45, 2.75) is 6.92 Å². The number of carbonyl (C=O) groups is 1. The van der Waals surface area contributed by atoms with Crippen LogP contribution >= 0.6 is 0 Å². The number of hydrogen-bond acceptors (Lipinski definition) is 5. The Kier molecular flexibility index (Phi) is 5.56. The van der Waals surface area contributed by atoms with Gasteiger partial charge in [0.15, 0.2) is 0 Å². The molecule has 138 valence electrons. The lowest BCUT2D eigenvalue weighted by Gasteiger charge is -2.13. The number of aromatic nitrogens is 1. The number of anilines is 3. The van der Waals surface area contributed by atoms with Crippen LogP contribution in [0.25, 0.3) is 0 Å². The molecule has 0 aliphatic heterocycles. The normalized spacial score (nSPS) is 10.2. The Hall–Kier alpha value is -3.54. The van der Waals surface area contributed by atoms with E-state index >= 15 is 0 Å². The minimum atomic E-state index is -0.268. The molecule has 1 amide bonds. The quantitative estimate of drug-likeness (QED) is 0.679. The largest absolute Gasteiger partial charge is 0.495 e. The van der Waals surface area contributed by atoms with Gasteiger partial charge in [-0.1, -0.05) is 18.2 Å². The first-order valence-corrected chi connectivity index (χ1v) is 8.42. The zero-order valence-electron chi connectivity index (χ0n) is 15.4. The molecule has 0 unspecified atom stereocenters. The van der Waals surface area contributed by atoms with Crippen molar-refractivity contribution in [3.63, 3.8) is 0 Å². The van der Waals surface area contributed by atoms with E-state index in [1.54, 1.807) is 26.5 Å². The number of pyridine rings is 1. The summed E-state index contributed by atoms with van der Waals surface area (Å²) in [5.74, 6) is 1.04. The van der Waals surface area contributed by atoms with E-state index in [9.17, 15) is 4.79 Å². The van der Waals surface area contributed by atoms with Gasteiger partial charge in [-0.3, -0.25) is 9.78 Å². The molecule has 0 saturated heterocycles. The van der Waals surface area contributed by atoms with E-state index < -0.39 is 0 Å². The summed E-state index contributed by atoms with van der Waals surface area (Å²) in [6.45, 7) is 1.95. The lowest BCUT2D eigenvalue weighted by atomic mass is 10.2. The third kappa shape index (κ3) is 4.36. The first-order chi connectivity index (χ1) is 13.1. The van der Waals surface area contributed by atoms with Crippen LogP contribution in [0.5, 0.6) is 11.5 Å². The lowest BCUT2D eigenvalue weighted by Crippen LogP contribution is -2.13. The molecule has 0 bridgehead atoms. The van der Waals surface area contributed by atoms with Gasteiger partial charge in [0, 0.05) is 6.20 Å². The number of benzene rings is 2. The van der Waals surface area contributed by atoms with Crippen LogP contribution in [0, 0.1) is 6.92 Å². The average Bonchev–Trinajstić information content (AvgIpc) is 2.69. The molecule has 0 saturated carbocycles. The molecule has 0 fully saturated rings. The van der Waals surface area contributed by atoms with Crippen LogP contribution in [0.3, 0.4) is 0 Å². The number of carbonyl (C=O) groups excluding carboxylic acids is 1. The average molecular weight is 363 g/mol. The number of nitrogens with one attached hydrogen (secondary N) is 2. The highest BCUT2D eigenvalue weighted by atomic mass is 16.5. The van der Waals surface area contributed by atoms with E-state index in [0.29, 0.717) is 28.4 Å². The van der Waals surface area contributed by atoms with Gasteiger partial charge in [-0.15, -0.1) is 0 Å². The van der Waals surface area contributed by atoms with Crippen LogP contribution in [-0.2, 0) is 0 Å². The van der Waals surface area contributed by atoms with Gasteiger partial charge >= 0.3 is 0 Å². The second-order valence-corrected chi connectivity index (χ2v) is 5.95. The van der Waals surface area contributed by atoms with Crippen LogP contribution in [0.4, 0.5) is 17.1 Å². The van der Waals surface area contributed by atoms with Crippen molar-refractivity contribution >= 4 is 23.0 Å². The highest BCUT2D eigenvalue weighted by Gasteiger charge is 2.12. The summed E-state index contributed by atoms with van der Waals surface area (Å²) < 4.78 is 10.6. The van der Waals surface area contributed by atoms with Crippen molar-refractivity contribution < 1.29 is 14.3 Å². The Balaban J connectivity index is 1.81. The van der Waals surface area contributed by atoms with Gasteiger partial charge < -0.3 is 20.1 Å². The smallest absolute Gasteiger partial charge is 0.257 e. The standard InChI is InChI=1S/C21H21N3O3/c1-14-8-9-20(27-3)18(10-14)24-21(25)15-11-16(13-22-12-15)23-17-6-4-5-7-19(17)26-2/h4-13,23H,1-3H3,(H,24,25). The number of methoxy groups -OCH3 is 2. The summed E-state index contributed by atoms with van der Waals surface area (Å²) in [7, 11) is 3.18. The lowest BCUT2D eigenvalue weighted by molar-refractivity contribution is 0.102. The van der Waals surface area contributed by atoms with E-state index in [2.05, 4.69) is 15.6 Å². The van der Waals surface area contributed by atoms with Crippen LogP contribution in [0.2, 0.25) is 0 Å². The maximum Gasteiger partial charge on any atom is 0.257 e. The molecule has 3 aromatic rings. The fourth-order valence-corrected chi connectivity index (χ4v) is 2.65. The molecule has 6 nitrogen and oxygen atoms in total. The van der Waals surface area contributed by atoms with Crippen LogP contribution in [0.1, 0.15) is 15.9 Å². The molecular weight excluding hydrogens is 342 g/mol. The Morgan fingerprint density at radius 3 is 2.44 bits per heavy atom. The second kappa shape index (κ2) is 8.23. The fourth-order valence-electron chi connectivity index (χ4n) is 2.65. The minimum absolute atomic E-state index is 0.268. The zero-order valence-corrected chi connectivity index (χ0v) is 15.4. The number of ether oxygens (including phenoxy) is 2. The minimum Gasteiger partial charge on any atom is -0.495 e. The van der Waals surface area contributed by atoms with Crippen molar-refractivity contribution in [1.29, 1.82) is 0 Å². The topological polar surface area (TPSA) is 72.5 Å². The Bertz CT molecular complexity index is 957. The van der Waals surface area contributed by atoms with Crippen LogP contribution in [-0.4, -0.2) is 25.1 Å². The SMILES string of the molecule is COc1ccc(C)cc1NC(=O)c1cncc(Nc2ccccc2OC)c1. The monoisotopic (exact) mass is 363 g/mol. The molecular formula is C21H21N3O3. The summed E-state index contributed by atoms with van der Waals surface area (Å²) in [5, 5.41) is 6.10. The molecule has 0 spiro atoms. The Morgan fingerprint density at radius 2 is 1.67 bits per heavy atom. The first-order valence-electron chi connectivity index (χ1n) is 8.42. The number of nitrogens with zero attached hydrogens (tertiary/aromatic N) is 1. The van der Waals surface area contributed by atoms with Gasteiger partial charge in [0.2, 0.25) is 0 Å². The molecule has 2 aromatic carbocycles. The Labute approximate surface area is 158 Å². The molecule has 0 aliphatic rings. The van der Waals surface area contributed by atoms with Crippen molar-refractivity contribution in [2.75, 3.05) is 24.9 Å². The van der Waals surface area contributed by atoms with E-state index in [-0.39, 0.29) is 5.91 Å². The van der Waals surface area contributed by atoms with Crippen LogP contribution < -0.4 is 20.1 Å². The molecule has 2 N–H and O–H groups in total. The van der Waals surface area contributed by atoms with E-state index in [1.165, 1.54) is 6.20 Å². The number of aryl methyl sites for hydroxylation is 1. The van der Waals surface area contributed by atoms with Gasteiger partial charge in [0.25, 0.3) is 5.91 Å². The summed E-state index contributed by atoms with van der Waals surface area (Å²) in [6, 6.07) is 14.9. The Morgan fingerprint density at radius 1 is 0.926 bits per heavy atom. The zero-order chi connectivity index (χ0) is 19.2. The van der Waals surface area contributed by atoms with Gasteiger partial charge in [0.05, 0.1) is 43.0 Å². The third-order valence-electron chi connectivity index (χ3n) is 3.99. The van der Waals surface area contributed by atoms with Gasteiger partial charge in [0.1, 0.15) is 11.5 Å². The predicted molar refractivity (Wildman–Crippen MR) is 106 cm³/mol. The molecule has 1 aromatic heterocycles. The highest BCUT2D eigenvalue weighted by Crippen LogP contribution is 2.28. The second-order valence-electron chi connectivity index (χ2n) is 5.95. The highest BCUT2D eigenvalue weighted by molar-refractivity contribution is 6.05. The van der Waals surface area contributed by atoms with E-state index in [1.807, 2.05) is 49.4 Å². The number of rotatable bonds is 6. The first kappa shape index (κ1) is 18.3. The molecule has 1 heterocycles. The fraction of sp³-hybridized carbons (Fsp3) is 0.143. The number of para-hydroxylation sites is 2. The molecule has 27 heavy (non-hydrogen) atoms.